The summed E-state index contributed by atoms with van der Waals surface area (Å²) in [5.74, 6) is -2.23. The van der Waals surface area contributed by atoms with Gasteiger partial charge in [-0.3, -0.25) is 14.4 Å². The number of hydrogen-bond donors (Lipinski definition) is 1. The lowest BCUT2D eigenvalue weighted by Gasteiger charge is -2.26. The van der Waals surface area contributed by atoms with Crippen LogP contribution >= 0.6 is 0 Å². The molecule has 0 fully saturated rings. The largest absolute Gasteiger partial charge is 0.478 e. The molecule has 0 saturated carbocycles. The molecule has 1 N–H and O–H groups in total. The number of aromatic carboxylic acids is 1. The molecule has 0 radical (unpaired) electrons. The maximum Gasteiger partial charge on any atom is 0.335 e. The minimum Gasteiger partial charge on any atom is -0.478 e. The second kappa shape index (κ2) is 10.9. The lowest BCUT2D eigenvalue weighted by atomic mass is 9.90. The molecule has 2 unspecified atom stereocenters. The molecule has 1 heterocycles. The third-order valence-electron chi connectivity index (χ3n) is 6.01. The van der Waals surface area contributed by atoms with Crippen molar-refractivity contribution in [2.75, 3.05) is 0 Å². The Bertz CT molecular complexity index is 1370. The fraction of sp³-hybridized carbons (Fsp3) is 0.429. The highest BCUT2D eigenvalue weighted by molar-refractivity contribution is 5.97. The van der Waals surface area contributed by atoms with Crippen molar-refractivity contribution in [3.63, 3.8) is 0 Å². The maximum absolute atomic E-state index is 13.6. The van der Waals surface area contributed by atoms with Crippen molar-refractivity contribution in [3.05, 3.63) is 57.2 Å². The Labute approximate surface area is 209 Å². The van der Waals surface area contributed by atoms with Crippen molar-refractivity contribution in [1.82, 2.24) is 0 Å². The fourth-order valence-corrected chi connectivity index (χ4v) is 4.11. The summed E-state index contributed by atoms with van der Waals surface area (Å²) in [6.45, 7) is 11.0. The minimum atomic E-state index is -1.16. The number of ether oxygens (including phenoxy) is 2. The Morgan fingerprint density at radius 2 is 1.44 bits per heavy atom. The average molecular weight is 497 g/mol. The van der Waals surface area contributed by atoms with E-state index in [4.69, 9.17) is 13.9 Å². The van der Waals surface area contributed by atoms with Crippen LogP contribution in [0.5, 0.6) is 0 Å². The number of hydrogen-bond acceptors (Lipinski definition) is 7. The van der Waals surface area contributed by atoms with Gasteiger partial charge in [-0.1, -0.05) is 41.5 Å². The van der Waals surface area contributed by atoms with Crippen molar-refractivity contribution in [2.24, 2.45) is 11.8 Å². The predicted octanol–water partition coefficient (Wildman–Crippen LogP) is 5.95. The van der Waals surface area contributed by atoms with Gasteiger partial charge in [-0.2, -0.15) is 0 Å². The zero-order chi connectivity index (χ0) is 26.7. The monoisotopic (exact) mass is 496 g/mol. The first-order chi connectivity index (χ1) is 17.0. The molecule has 1 aromatic heterocycles. The normalized spacial score (nSPS) is 13.2. The van der Waals surface area contributed by atoms with Crippen LogP contribution in [0.1, 0.15) is 88.1 Å². The first-order valence-corrected chi connectivity index (χ1v) is 12.1. The first-order valence-electron chi connectivity index (χ1n) is 12.1. The van der Waals surface area contributed by atoms with E-state index in [9.17, 15) is 24.3 Å². The van der Waals surface area contributed by atoms with Gasteiger partial charge in [0.25, 0.3) is 0 Å². The van der Waals surface area contributed by atoms with Gasteiger partial charge in [-0.15, -0.1) is 0 Å². The zero-order valence-corrected chi connectivity index (χ0v) is 21.4. The third kappa shape index (κ3) is 5.42. The summed E-state index contributed by atoms with van der Waals surface area (Å²) < 4.78 is 17.6. The molecular weight excluding hydrogens is 464 g/mol. The van der Waals surface area contributed by atoms with Crippen LogP contribution in [0.15, 0.2) is 39.5 Å². The summed E-state index contributed by atoms with van der Waals surface area (Å²) in [4.78, 5) is 49.6. The molecule has 2 atom stereocenters. The molecule has 0 aliphatic rings. The number of rotatable bonds is 9. The molecule has 0 bridgehead atoms. The Kier molecular flexibility index (Phi) is 8.17. The summed E-state index contributed by atoms with van der Waals surface area (Å²) in [6, 6.07) is 7.47. The number of esters is 2. The Morgan fingerprint density at radius 3 is 1.97 bits per heavy atom. The second-order valence-corrected chi connectivity index (χ2v) is 9.45. The smallest absolute Gasteiger partial charge is 0.335 e. The molecule has 2 aromatic carbocycles. The Hall–Kier alpha value is -3.68. The van der Waals surface area contributed by atoms with Crippen molar-refractivity contribution >= 4 is 39.8 Å². The minimum absolute atomic E-state index is 0.0422. The van der Waals surface area contributed by atoms with Crippen LogP contribution in [0.3, 0.4) is 0 Å². The topological polar surface area (TPSA) is 120 Å². The molecule has 36 heavy (non-hydrogen) atoms. The van der Waals surface area contributed by atoms with E-state index in [-0.39, 0.29) is 58.1 Å². The molecule has 0 spiro atoms. The lowest BCUT2D eigenvalue weighted by molar-refractivity contribution is -0.151. The highest BCUT2D eigenvalue weighted by Gasteiger charge is 2.29. The van der Waals surface area contributed by atoms with Crippen LogP contribution < -0.4 is 5.43 Å². The van der Waals surface area contributed by atoms with E-state index in [1.807, 2.05) is 27.7 Å². The average Bonchev–Trinajstić information content (AvgIpc) is 2.84. The van der Waals surface area contributed by atoms with Crippen LogP contribution in [-0.4, -0.2) is 23.0 Å². The molecule has 3 aromatic rings. The third-order valence-corrected chi connectivity index (χ3v) is 6.01. The molecule has 0 aliphatic heterocycles. The number of carbonyl (C=O) groups excluding carboxylic acids is 2. The molecule has 8 heteroatoms. The van der Waals surface area contributed by atoms with Gasteiger partial charge in [0.05, 0.1) is 16.3 Å². The lowest BCUT2D eigenvalue weighted by Crippen LogP contribution is -2.20. The summed E-state index contributed by atoms with van der Waals surface area (Å²) in [7, 11) is 0. The molecular formula is C28H32O8. The predicted molar refractivity (Wildman–Crippen MR) is 135 cm³/mol. The second-order valence-electron chi connectivity index (χ2n) is 9.45. The Balaban J connectivity index is 2.41. The van der Waals surface area contributed by atoms with Crippen molar-refractivity contribution in [3.8, 4) is 0 Å². The zero-order valence-electron chi connectivity index (χ0n) is 21.4. The van der Waals surface area contributed by atoms with Gasteiger partial charge in [0.2, 0.25) is 5.43 Å². The number of benzene rings is 2. The van der Waals surface area contributed by atoms with E-state index in [0.717, 1.165) is 0 Å². The van der Waals surface area contributed by atoms with E-state index in [1.54, 1.807) is 26.0 Å². The van der Waals surface area contributed by atoms with Crippen molar-refractivity contribution in [1.29, 1.82) is 0 Å². The molecule has 192 valence electrons. The Morgan fingerprint density at radius 1 is 0.861 bits per heavy atom. The number of carbonyl (C=O) groups is 3. The maximum atomic E-state index is 13.6. The van der Waals surface area contributed by atoms with Gasteiger partial charge in [-0.05, 0) is 47.7 Å². The number of fused-ring (bicyclic) bond motifs is 2. The van der Waals surface area contributed by atoms with Crippen molar-refractivity contribution < 1.29 is 33.4 Å². The van der Waals surface area contributed by atoms with Gasteiger partial charge in [0, 0.05) is 18.4 Å². The van der Waals surface area contributed by atoms with Crippen LogP contribution in [0.2, 0.25) is 0 Å². The van der Waals surface area contributed by atoms with Crippen LogP contribution in [0.25, 0.3) is 21.9 Å². The van der Waals surface area contributed by atoms with E-state index in [0.29, 0.717) is 11.1 Å². The standard InChI is InChI=1S/C28H32O8/c1-7-22(29)35-25(14(3)4)17-12-19-24(31)18-11-16(28(32)33)9-10-21(18)34-27(19)20(13-17)26(15(5)6)36-23(30)8-2/h9-15,25-26H,7-8H2,1-6H3,(H,32,33). The van der Waals surface area contributed by atoms with Crippen LogP contribution in [0, 0.1) is 11.8 Å². The van der Waals surface area contributed by atoms with Gasteiger partial charge < -0.3 is 19.0 Å². The molecule has 3 rings (SSSR count). The summed E-state index contributed by atoms with van der Waals surface area (Å²) in [5.41, 5.74) is 1.04. The highest BCUT2D eigenvalue weighted by Crippen LogP contribution is 2.37. The van der Waals surface area contributed by atoms with Crippen LogP contribution in [-0.2, 0) is 19.1 Å². The van der Waals surface area contributed by atoms with Gasteiger partial charge in [0.1, 0.15) is 23.4 Å². The fourth-order valence-electron chi connectivity index (χ4n) is 4.11. The van der Waals surface area contributed by atoms with Crippen molar-refractivity contribution in [2.45, 2.75) is 66.6 Å². The van der Waals surface area contributed by atoms with E-state index >= 15 is 0 Å². The summed E-state index contributed by atoms with van der Waals surface area (Å²) in [5, 5.41) is 9.69. The summed E-state index contributed by atoms with van der Waals surface area (Å²) >= 11 is 0. The van der Waals surface area contributed by atoms with E-state index in [2.05, 4.69) is 0 Å². The molecule has 0 aliphatic carbocycles. The first kappa shape index (κ1) is 26.9. The number of carboxylic acids is 1. The highest BCUT2D eigenvalue weighted by atomic mass is 16.5. The SMILES string of the molecule is CCC(=O)OC(c1cc(C(OC(=O)CC)C(C)C)c2oc3ccc(C(=O)O)cc3c(=O)c2c1)C(C)C. The van der Waals surface area contributed by atoms with Gasteiger partial charge >= 0.3 is 17.9 Å². The van der Waals surface area contributed by atoms with Gasteiger partial charge in [-0.25, -0.2) is 4.79 Å². The molecule has 0 saturated heterocycles. The molecule has 0 amide bonds. The van der Waals surface area contributed by atoms with E-state index in [1.165, 1.54) is 18.2 Å². The van der Waals surface area contributed by atoms with Crippen LogP contribution in [0.4, 0.5) is 0 Å². The molecule has 8 nitrogen and oxygen atoms in total. The van der Waals surface area contributed by atoms with E-state index < -0.39 is 29.6 Å². The quantitative estimate of drug-likeness (QED) is 0.285. The summed E-state index contributed by atoms with van der Waals surface area (Å²) in [6.07, 6.45) is -1.02. The number of carboxylic acid groups (broad SMARTS) is 1. The van der Waals surface area contributed by atoms with Gasteiger partial charge in [0.15, 0.2) is 0 Å².